The second kappa shape index (κ2) is 12.6. The van der Waals surface area contributed by atoms with Crippen LogP contribution in [0.2, 0.25) is 0 Å². The maximum Gasteiger partial charge on any atom is 0.168 e. The Labute approximate surface area is 194 Å². The number of nitriles is 1. The molecule has 2 aromatic heterocycles. The van der Waals surface area contributed by atoms with Crippen LogP contribution in [-0.2, 0) is 0 Å². The van der Waals surface area contributed by atoms with E-state index in [-0.39, 0.29) is 0 Å². The molecule has 0 bridgehead atoms. The van der Waals surface area contributed by atoms with Crippen molar-refractivity contribution in [2.45, 2.75) is 26.2 Å². The Morgan fingerprint density at radius 1 is 1.12 bits per heavy atom. The van der Waals surface area contributed by atoms with E-state index in [9.17, 15) is 0 Å². The van der Waals surface area contributed by atoms with Crippen LogP contribution in [-0.4, -0.2) is 29.9 Å². The summed E-state index contributed by atoms with van der Waals surface area (Å²) in [5.74, 6) is 2.59. The normalized spacial score (nSPS) is 10.9. The molecule has 2 heterocycles. The second-order valence-corrected chi connectivity index (χ2v) is 7.11. The van der Waals surface area contributed by atoms with Crippen molar-refractivity contribution >= 4 is 29.6 Å². The number of hydrogen-bond donors (Lipinski definition) is 1. The van der Waals surface area contributed by atoms with Gasteiger partial charge in [0.2, 0.25) is 0 Å². The molecule has 0 aliphatic heterocycles. The predicted molar refractivity (Wildman–Crippen MR) is 132 cm³/mol. The molecule has 0 aliphatic carbocycles. The lowest BCUT2D eigenvalue weighted by atomic mass is 10.1. The molecule has 3 aromatic rings. The van der Waals surface area contributed by atoms with Crippen molar-refractivity contribution in [3.63, 3.8) is 0 Å². The van der Waals surface area contributed by atoms with E-state index in [1.165, 1.54) is 6.20 Å². The molecular formula is C26H27N5O2. The monoisotopic (exact) mass is 441 g/mol. The first kappa shape index (κ1) is 23.5. The number of nitrogens with one attached hydrogen (secondary N) is 1. The lowest BCUT2D eigenvalue weighted by Gasteiger charge is -2.13. The fourth-order valence-electron chi connectivity index (χ4n) is 3.03. The molecule has 1 N–H and O–H groups in total. The van der Waals surface area contributed by atoms with Crippen LogP contribution in [0.1, 0.15) is 37.3 Å². The molecule has 0 atom stereocenters. The lowest BCUT2D eigenvalue weighted by molar-refractivity contribution is 0.285. The standard InChI is InChI=1S/C26H27N5O2/c1-3-4-5-17-33-25-21(9-6-12-23(25)32-2)10-7-15-28-22-11-8-16-29-26(22)31-24-14-13-20(18-27)19-30-24/h6-16,19H,3-5,17H2,1-2H3,(H,29,30,31). The van der Waals surface area contributed by atoms with Crippen molar-refractivity contribution in [3.8, 4) is 17.6 Å². The summed E-state index contributed by atoms with van der Waals surface area (Å²) in [6.07, 6.45) is 12.0. The van der Waals surface area contributed by atoms with Crippen LogP contribution in [0.4, 0.5) is 17.3 Å². The molecule has 3 rings (SSSR count). The van der Waals surface area contributed by atoms with E-state index in [0.717, 1.165) is 30.6 Å². The van der Waals surface area contributed by atoms with E-state index in [2.05, 4.69) is 33.3 Å². The fraction of sp³-hybridized carbons (Fsp3) is 0.231. The largest absolute Gasteiger partial charge is 0.493 e. The molecule has 0 amide bonds. The van der Waals surface area contributed by atoms with Gasteiger partial charge in [-0.05, 0) is 48.9 Å². The number of para-hydroxylation sites is 1. The maximum atomic E-state index is 8.91. The molecule has 0 radical (unpaired) electrons. The minimum atomic E-state index is 0.496. The molecule has 0 aliphatic rings. The number of rotatable bonds is 11. The van der Waals surface area contributed by atoms with Crippen molar-refractivity contribution in [3.05, 3.63) is 72.1 Å². The van der Waals surface area contributed by atoms with Crippen molar-refractivity contribution in [2.75, 3.05) is 19.0 Å². The topological polar surface area (TPSA) is 92.4 Å². The summed E-state index contributed by atoms with van der Waals surface area (Å²) < 4.78 is 11.5. The zero-order chi connectivity index (χ0) is 23.3. The quantitative estimate of drug-likeness (QED) is 0.286. The molecule has 7 heteroatoms. The van der Waals surface area contributed by atoms with Gasteiger partial charge in [0.15, 0.2) is 17.3 Å². The van der Waals surface area contributed by atoms with Gasteiger partial charge >= 0.3 is 0 Å². The number of hydrogen-bond acceptors (Lipinski definition) is 7. The Balaban J connectivity index is 1.72. The molecule has 0 spiro atoms. The molecule has 0 saturated heterocycles. The Kier molecular flexibility index (Phi) is 8.98. The molecular weight excluding hydrogens is 414 g/mol. The highest BCUT2D eigenvalue weighted by Gasteiger charge is 2.08. The Morgan fingerprint density at radius 3 is 2.79 bits per heavy atom. The van der Waals surface area contributed by atoms with E-state index in [1.807, 2.05) is 42.5 Å². The minimum Gasteiger partial charge on any atom is -0.493 e. The average Bonchev–Trinajstić information content (AvgIpc) is 2.86. The zero-order valence-electron chi connectivity index (χ0n) is 18.9. The summed E-state index contributed by atoms with van der Waals surface area (Å²) in [5, 5.41) is 12.0. The Morgan fingerprint density at radius 2 is 2.03 bits per heavy atom. The van der Waals surface area contributed by atoms with Gasteiger partial charge in [0.05, 0.1) is 19.3 Å². The zero-order valence-corrected chi connectivity index (χ0v) is 18.9. The molecule has 0 fully saturated rings. The van der Waals surface area contributed by atoms with Crippen molar-refractivity contribution in [1.82, 2.24) is 9.97 Å². The first-order valence-corrected chi connectivity index (χ1v) is 10.8. The van der Waals surface area contributed by atoms with E-state index in [1.54, 1.807) is 31.7 Å². The Bertz CT molecular complexity index is 1130. The van der Waals surface area contributed by atoms with Gasteiger partial charge in [-0.1, -0.05) is 31.9 Å². The van der Waals surface area contributed by atoms with Gasteiger partial charge in [0.1, 0.15) is 17.6 Å². The third kappa shape index (κ3) is 6.91. The van der Waals surface area contributed by atoms with Gasteiger partial charge in [-0.15, -0.1) is 0 Å². The number of pyridine rings is 2. The lowest BCUT2D eigenvalue weighted by Crippen LogP contribution is -2.01. The van der Waals surface area contributed by atoms with E-state index in [4.69, 9.17) is 14.7 Å². The molecule has 0 unspecified atom stereocenters. The number of aromatic nitrogens is 2. The van der Waals surface area contributed by atoms with Gasteiger partial charge in [-0.3, -0.25) is 4.99 Å². The highest BCUT2D eigenvalue weighted by atomic mass is 16.5. The first-order chi connectivity index (χ1) is 16.2. The maximum absolute atomic E-state index is 8.91. The van der Waals surface area contributed by atoms with Crippen LogP contribution in [0.5, 0.6) is 11.5 Å². The van der Waals surface area contributed by atoms with Crippen LogP contribution in [0, 0.1) is 11.3 Å². The van der Waals surface area contributed by atoms with Crippen LogP contribution >= 0.6 is 0 Å². The summed E-state index contributed by atoms with van der Waals surface area (Å²) >= 11 is 0. The number of anilines is 2. The number of unbranched alkanes of at least 4 members (excludes halogenated alkanes) is 2. The van der Waals surface area contributed by atoms with E-state index < -0.39 is 0 Å². The van der Waals surface area contributed by atoms with Gasteiger partial charge in [-0.25, -0.2) is 9.97 Å². The average molecular weight is 442 g/mol. The number of benzene rings is 1. The van der Waals surface area contributed by atoms with E-state index in [0.29, 0.717) is 35.2 Å². The number of methoxy groups -OCH3 is 1. The number of nitrogens with zero attached hydrogens (tertiary/aromatic N) is 4. The van der Waals surface area contributed by atoms with Gasteiger partial charge in [0.25, 0.3) is 0 Å². The van der Waals surface area contributed by atoms with E-state index >= 15 is 0 Å². The van der Waals surface area contributed by atoms with Crippen molar-refractivity contribution in [2.24, 2.45) is 4.99 Å². The summed E-state index contributed by atoms with van der Waals surface area (Å²) in [6.45, 7) is 2.82. The summed E-state index contributed by atoms with van der Waals surface area (Å²) in [5.41, 5.74) is 2.08. The third-order valence-electron chi connectivity index (χ3n) is 4.72. The van der Waals surface area contributed by atoms with Crippen LogP contribution in [0.3, 0.4) is 0 Å². The minimum absolute atomic E-state index is 0.496. The highest BCUT2D eigenvalue weighted by molar-refractivity contribution is 5.83. The van der Waals surface area contributed by atoms with Crippen molar-refractivity contribution in [1.29, 1.82) is 5.26 Å². The highest BCUT2D eigenvalue weighted by Crippen LogP contribution is 2.32. The fourth-order valence-corrected chi connectivity index (χ4v) is 3.03. The number of aliphatic imine (C=N–C) groups is 1. The molecule has 1 aromatic carbocycles. The molecule has 7 nitrogen and oxygen atoms in total. The first-order valence-electron chi connectivity index (χ1n) is 10.8. The van der Waals surface area contributed by atoms with Crippen molar-refractivity contribution < 1.29 is 9.47 Å². The third-order valence-corrected chi connectivity index (χ3v) is 4.72. The summed E-state index contributed by atoms with van der Waals surface area (Å²) in [7, 11) is 1.64. The molecule has 168 valence electrons. The second-order valence-electron chi connectivity index (χ2n) is 7.11. The predicted octanol–water partition coefficient (Wildman–Crippen LogP) is 6.09. The summed E-state index contributed by atoms with van der Waals surface area (Å²) in [4.78, 5) is 13.1. The number of ether oxygens (including phenoxy) is 2. The van der Waals surface area contributed by atoms with Crippen LogP contribution < -0.4 is 14.8 Å². The van der Waals surface area contributed by atoms with Gasteiger partial charge in [0, 0.05) is 24.2 Å². The number of allylic oxidation sites excluding steroid dienone is 1. The Hall–Kier alpha value is -4.18. The summed E-state index contributed by atoms with van der Waals surface area (Å²) in [6, 6.07) is 15.0. The molecule has 33 heavy (non-hydrogen) atoms. The van der Waals surface area contributed by atoms with Gasteiger partial charge < -0.3 is 14.8 Å². The van der Waals surface area contributed by atoms with Crippen LogP contribution in [0.25, 0.3) is 6.08 Å². The molecule has 0 saturated carbocycles. The SMILES string of the molecule is CCCCCOc1c(C=CC=Nc2cccnc2Nc2ccc(C#N)cn2)cccc1OC. The van der Waals surface area contributed by atoms with Gasteiger partial charge in [-0.2, -0.15) is 5.26 Å². The smallest absolute Gasteiger partial charge is 0.168 e. The van der Waals surface area contributed by atoms with Crippen LogP contribution in [0.15, 0.2) is 65.9 Å².